The Hall–Kier alpha value is -2.62. The molecule has 158 valence electrons. The lowest BCUT2D eigenvalue weighted by atomic mass is 9.83. The zero-order valence-electron chi connectivity index (χ0n) is 15.8. The van der Waals surface area contributed by atoms with Gasteiger partial charge >= 0.3 is 18.0 Å². The van der Waals surface area contributed by atoms with E-state index in [0.717, 1.165) is 19.3 Å². The number of nitrogens with zero attached hydrogens (tertiary/aromatic N) is 2. The van der Waals surface area contributed by atoms with E-state index in [0.29, 0.717) is 18.6 Å². The van der Waals surface area contributed by atoms with Crippen molar-refractivity contribution in [2.75, 3.05) is 12.4 Å². The molecule has 0 saturated heterocycles. The van der Waals surface area contributed by atoms with E-state index in [-0.39, 0.29) is 22.3 Å². The normalized spacial score (nSPS) is 22.9. The first-order valence-electron chi connectivity index (χ1n) is 9.32. The summed E-state index contributed by atoms with van der Waals surface area (Å²) >= 11 is 0. The number of amides is 2. The number of hydrogen-bond acceptors (Lipinski definition) is 5. The first-order chi connectivity index (χ1) is 13.7. The van der Waals surface area contributed by atoms with Crippen molar-refractivity contribution in [1.29, 1.82) is 0 Å². The number of halogens is 3. The Morgan fingerprint density at radius 3 is 2.38 bits per heavy atom. The Morgan fingerprint density at radius 2 is 1.83 bits per heavy atom. The van der Waals surface area contributed by atoms with Gasteiger partial charge in [-0.05, 0) is 43.0 Å². The SMILES string of the molecule is COc1ccc(NC(=O)C(=O)N2N=C(C3CCCCC3)CC2(O)C(F)(F)F)cc1. The third-order valence-corrected chi connectivity index (χ3v) is 5.27. The maximum Gasteiger partial charge on any atom is 0.438 e. The molecule has 10 heteroatoms. The topological polar surface area (TPSA) is 91.2 Å². The number of hydrazone groups is 1. The van der Waals surface area contributed by atoms with Crippen LogP contribution in [-0.2, 0) is 9.59 Å². The van der Waals surface area contributed by atoms with Crippen LogP contribution in [0, 0.1) is 5.92 Å². The predicted molar refractivity (Wildman–Crippen MR) is 98.1 cm³/mol. The summed E-state index contributed by atoms with van der Waals surface area (Å²) in [5.41, 5.74) is -3.24. The molecule has 0 radical (unpaired) electrons. The number of methoxy groups -OCH3 is 1. The molecule has 2 amide bonds. The summed E-state index contributed by atoms with van der Waals surface area (Å²) in [5, 5.41) is 16.2. The number of carbonyl (C=O) groups excluding carboxylic acids is 2. The van der Waals surface area contributed by atoms with Gasteiger partial charge in [0.05, 0.1) is 7.11 Å². The molecule has 29 heavy (non-hydrogen) atoms. The molecule has 1 aliphatic heterocycles. The molecule has 7 nitrogen and oxygen atoms in total. The average Bonchev–Trinajstić information content (AvgIpc) is 3.07. The van der Waals surface area contributed by atoms with Crippen molar-refractivity contribution in [1.82, 2.24) is 5.01 Å². The molecule has 1 saturated carbocycles. The summed E-state index contributed by atoms with van der Waals surface area (Å²) in [4.78, 5) is 24.8. The van der Waals surface area contributed by atoms with Crippen molar-refractivity contribution in [3.05, 3.63) is 24.3 Å². The molecule has 2 N–H and O–H groups in total. The van der Waals surface area contributed by atoms with E-state index in [4.69, 9.17) is 4.74 Å². The fourth-order valence-electron chi connectivity index (χ4n) is 3.62. The molecule has 0 aromatic heterocycles. The number of benzene rings is 1. The van der Waals surface area contributed by atoms with E-state index >= 15 is 0 Å². The van der Waals surface area contributed by atoms with Crippen molar-refractivity contribution in [3.63, 3.8) is 0 Å². The number of ether oxygens (including phenoxy) is 1. The van der Waals surface area contributed by atoms with Crippen molar-refractivity contribution in [3.8, 4) is 5.75 Å². The average molecular weight is 413 g/mol. The van der Waals surface area contributed by atoms with Gasteiger partial charge in [-0.1, -0.05) is 19.3 Å². The Labute approximate surface area is 165 Å². The van der Waals surface area contributed by atoms with E-state index in [1.807, 2.05) is 0 Å². The molecule has 3 rings (SSSR count). The molecule has 1 aromatic carbocycles. The maximum absolute atomic E-state index is 13.6. The van der Waals surface area contributed by atoms with Crippen LogP contribution >= 0.6 is 0 Å². The Bertz CT molecular complexity index is 804. The molecule has 2 aliphatic rings. The zero-order valence-corrected chi connectivity index (χ0v) is 15.8. The number of nitrogens with one attached hydrogen (secondary N) is 1. The summed E-state index contributed by atoms with van der Waals surface area (Å²) in [6.45, 7) is 0. The number of rotatable bonds is 3. The van der Waals surface area contributed by atoms with E-state index in [1.165, 1.54) is 31.4 Å². The second-order valence-electron chi connectivity index (χ2n) is 7.22. The Kier molecular flexibility index (Phi) is 5.83. The standard InChI is InChI=1S/C19H22F3N3O4/c1-29-14-9-7-13(8-10-14)23-16(26)17(27)25-18(28,19(20,21)22)11-15(24-25)12-5-3-2-4-6-12/h7-10,12,28H,2-6,11H2,1H3,(H,23,26). The van der Waals surface area contributed by atoms with Crippen LogP contribution in [0.2, 0.25) is 0 Å². The van der Waals surface area contributed by atoms with Gasteiger partial charge in [0.15, 0.2) is 0 Å². The van der Waals surface area contributed by atoms with Crippen molar-refractivity contribution >= 4 is 23.2 Å². The number of aliphatic hydroxyl groups is 1. The third-order valence-electron chi connectivity index (χ3n) is 5.27. The van der Waals surface area contributed by atoms with Gasteiger partial charge in [-0.2, -0.15) is 23.3 Å². The molecule has 1 aliphatic carbocycles. The minimum absolute atomic E-state index is 0.107. The number of carbonyl (C=O) groups is 2. The monoisotopic (exact) mass is 413 g/mol. The second-order valence-corrected chi connectivity index (χ2v) is 7.22. The fourth-order valence-corrected chi connectivity index (χ4v) is 3.62. The van der Waals surface area contributed by atoms with Gasteiger partial charge in [0.25, 0.3) is 5.72 Å². The van der Waals surface area contributed by atoms with Crippen LogP contribution in [0.4, 0.5) is 18.9 Å². The third kappa shape index (κ3) is 4.21. The van der Waals surface area contributed by atoms with Crippen LogP contribution < -0.4 is 10.1 Å². The highest BCUT2D eigenvalue weighted by atomic mass is 19.4. The van der Waals surface area contributed by atoms with E-state index < -0.39 is 30.1 Å². The van der Waals surface area contributed by atoms with Gasteiger partial charge in [0.2, 0.25) is 0 Å². The first-order valence-corrected chi connectivity index (χ1v) is 9.32. The lowest BCUT2D eigenvalue weighted by Gasteiger charge is -2.32. The van der Waals surface area contributed by atoms with Gasteiger partial charge in [0.1, 0.15) is 5.75 Å². The second kappa shape index (κ2) is 8.02. The van der Waals surface area contributed by atoms with Crippen LogP contribution in [0.25, 0.3) is 0 Å². The minimum Gasteiger partial charge on any atom is -0.497 e. The van der Waals surface area contributed by atoms with Crippen molar-refractivity contribution in [2.45, 2.75) is 50.4 Å². The highest BCUT2D eigenvalue weighted by Crippen LogP contribution is 2.43. The molecule has 1 unspecified atom stereocenters. The molecule has 0 bridgehead atoms. The highest BCUT2D eigenvalue weighted by Gasteiger charge is 2.64. The molecule has 1 atom stereocenters. The summed E-state index contributed by atoms with van der Waals surface area (Å²) in [6.07, 6.45) is -2.04. The fraction of sp³-hybridized carbons (Fsp3) is 0.526. The first kappa shape index (κ1) is 21.1. The van der Waals surface area contributed by atoms with Crippen LogP contribution in [-0.4, -0.2) is 46.7 Å². The maximum atomic E-state index is 13.6. The molecular formula is C19H22F3N3O4. The van der Waals surface area contributed by atoms with Crippen molar-refractivity contribution in [2.24, 2.45) is 11.0 Å². The Morgan fingerprint density at radius 1 is 1.21 bits per heavy atom. The van der Waals surface area contributed by atoms with Gasteiger partial charge in [0, 0.05) is 17.8 Å². The summed E-state index contributed by atoms with van der Waals surface area (Å²) in [6, 6.07) is 5.89. The summed E-state index contributed by atoms with van der Waals surface area (Å²) < 4.78 is 45.8. The van der Waals surface area contributed by atoms with Gasteiger partial charge in [-0.3, -0.25) is 9.59 Å². The summed E-state index contributed by atoms with van der Waals surface area (Å²) in [5.74, 6) is -2.64. The van der Waals surface area contributed by atoms with Crippen LogP contribution in [0.3, 0.4) is 0 Å². The molecule has 1 heterocycles. The lowest BCUT2D eigenvalue weighted by molar-refractivity contribution is -0.301. The number of alkyl halides is 3. The van der Waals surface area contributed by atoms with Gasteiger partial charge in [-0.15, -0.1) is 0 Å². The quantitative estimate of drug-likeness (QED) is 0.746. The number of anilines is 1. The Balaban J connectivity index is 1.81. The van der Waals surface area contributed by atoms with Crippen LogP contribution in [0.1, 0.15) is 38.5 Å². The zero-order chi connectivity index (χ0) is 21.2. The van der Waals surface area contributed by atoms with Crippen LogP contribution in [0.15, 0.2) is 29.4 Å². The van der Waals surface area contributed by atoms with Gasteiger partial charge in [-0.25, -0.2) is 0 Å². The lowest BCUT2D eigenvalue weighted by Crippen LogP contribution is -2.58. The van der Waals surface area contributed by atoms with E-state index in [1.54, 1.807) is 0 Å². The smallest absolute Gasteiger partial charge is 0.438 e. The molecular weight excluding hydrogens is 391 g/mol. The van der Waals surface area contributed by atoms with E-state index in [9.17, 15) is 27.9 Å². The molecule has 1 aromatic rings. The predicted octanol–water partition coefficient (Wildman–Crippen LogP) is 3.05. The highest BCUT2D eigenvalue weighted by molar-refractivity contribution is 6.39. The largest absolute Gasteiger partial charge is 0.497 e. The van der Waals surface area contributed by atoms with Crippen molar-refractivity contribution < 1.29 is 32.6 Å². The summed E-state index contributed by atoms with van der Waals surface area (Å²) in [7, 11) is 1.45. The molecule has 0 spiro atoms. The minimum atomic E-state index is -5.16. The van der Waals surface area contributed by atoms with E-state index in [2.05, 4.69) is 10.4 Å². The van der Waals surface area contributed by atoms with Crippen LogP contribution in [0.5, 0.6) is 5.75 Å². The molecule has 1 fully saturated rings. The number of hydrogen-bond donors (Lipinski definition) is 2. The van der Waals surface area contributed by atoms with Gasteiger partial charge < -0.3 is 15.2 Å².